The van der Waals surface area contributed by atoms with Crippen LogP contribution < -0.4 is 9.80 Å². The predicted octanol–water partition coefficient (Wildman–Crippen LogP) is 4.38. The molecule has 3 aromatic rings. The summed E-state index contributed by atoms with van der Waals surface area (Å²) in [5.41, 5.74) is 2.80. The summed E-state index contributed by atoms with van der Waals surface area (Å²) in [7, 11) is 0. The first kappa shape index (κ1) is 17.0. The molecule has 4 rings (SSSR count). The average molecular weight is 356 g/mol. The largest absolute Gasteiger partial charge is 0.304 e. The zero-order chi connectivity index (χ0) is 18.8. The Bertz CT molecular complexity index is 970. The molecule has 1 heterocycles. The summed E-state index contributed by atoms with van der Waals surface area (Å²) in [5.74, 6) is -0.107. The molecule has 0 fully saturated rings. The third kappa shape index (κ3) is 3.10. The van der Waals surface area contributed by atoms with Crippen molar-refractivity contribution in [2.45, 2.75) is 13.0 Å². The molecule has 4 nitrogen and oxygen atoms in total. The Kier molecular flexibility index (Phi) is 4.47. The van der Waals surface area contributed by atoms with E-state index >= 15 is 0 Å². The number of para-hydroxylation sites is 2. The van der Waals surface area contributed by atoms with Gasteiger partial charge in [-0.15, -0.1) is 0 Å². The number of fused-ring (bicyclic) bond motifs is 1. The van der Waals surface area contributed by atoms with Crippen molar-refractivity contribution in [1.82, 2.24) is 0 Å². The van der Waals surface area contributed by atoms with Gasteiger partial charge in [0.05, 0.1) is 17.4 Å². The molecule has 0 aliphatic carbocycles. The minimum absolute atomic E-state index is 0.0534. The van der Waals surface area contributed by atoms with Crippen LogP contribution in [0.3, 0.4) is 0 Å². The van der Waals surface area contributed by atoms with Crippen LogP contribution in [0, 0.1) is 0 Å². The van der Waals surface area contributed by atoms with Gasteiger partial charge in [0.25, 0.3) is 11.8 Å². The number of carbonyl (C=O) groups excluding carboxylic acids is 2. The van der Waals surface area contributed by atoms with Crippen molar-refractivity contribution in [2.24, 2.45) is 0 Å². The zero-order valence-electron chi connectivity index (χ0n) is 15.1. The normalized spacial score (nSPS) is 16.0. The second-order valence-corrected chi connectivity index (χ2v) is 6.66. The van der Waals surface area contributed by atoms with Gasteiger partial charge < -0.3 is 9.80 Å². The Morgan fingerprint density at radius 2 is 1.19 bits per heavy atom. The minimum atomic E-state index is -0.139. The van der Waals surface area contributed by atoms with E-state index in [0.717, 1.165) is 11.4 Å². The van der Waals surface area contributed by atoms with Gasteiger partial charge in [-0.3, -0.25) is 9.59 Å². The van der Waals surface area contributed by atoms with E-state index in [-0.39, 0.29) is 17.9 Å². The number of rotatable bonds is 2. The molecule has 134 valence electrons. The van der Waals surface area contributed by atoms with Crippen LogP contribution in [-0.2, 0) is 0 Å². The summed E-state index contributed by atoms with van der Waals surface area (Å²) < 4.78 is 0. The first-order valence-corrected chi connectivity index (χ1v) is 9.01. The Morgan fingerprint density at radius 3 is 1.78 bits per heavy atom. The molecule has 0 aromatic heterocycles. The first-order chi connectivity index (χ1) is 13.2. The molecule has 0 bridgehead atoms. The van der Waals surface area contributed by atoms with Crippen LogP contribution >= 0.6 is 0 Å². The van der Waals surface area contributed by atoms with Crippen molar-refractivity contribution >= 4 is 23.2 Å². The average Bonchev–Trinajstić information content (AvgIpc) is 2.73. The monoisotopic (exact) mass is 356 g/mol. The van der Waals surface area contributed by atoms with Crippen LogP contribution in [0.25, 0.3) is 0 Å². The SMILES string of the molecule is CC1CN(C(=O)c2ccccc2)c2ccccc2N1C(=O)c1ccccc1. The fourth-order valence-electron chi connectivity index (χ4n) is 3.54. The highest BCUT2D eigenvalue weighted by Gasteiger charge is 2.35. The van der Waals surface area contributed by atoms with Gasteiger partial charge in [0, 0.05) is 17.7 Å². The van der Waals surface area contributed by atoms with Crippen LogP contribution in [0.1, 0.15) is 27.6 Å². The number of benzene rings is 3. The van der Waals surface area contributed by atoms with E-state index < -0.39 is 0 Å². The maximum absolute atomic E-state index is 13.1. The Hall–Kier alpha value is -3.40. The molecule has 0 saturated carbocycles. The lowest BCUT2D eigenvalue weighted by Crippen LogP contribution is -2.52. The van der Waals surface area contributed by atoms with E-state index in [1.54, 1.807) is 9.80 Å². The maximum atomic E-state index is 13.1. The van der Waals surface area contributed by atoms with Gasteiger partial charge in [0.1, 0.15) is 0 Å². The number of hydrogen-bond acceptors (Lipinski definition) is 2. The number of hydrogen-bond donors (Lipinski definition) is 0. The molecular formula is C23H20N2O2. The third-order valence-corrected chi connectivity index (χ3v) is 4.83. The molecule has 4 heteroatoms. The van der Waals surface area contributed by atoms with Gasteiger partial charge >= 0.3 is 0 Å². The summed E-state index contributed by atoms with van der Waals surface area (Å²) in [5, 5.41) is 0. The lowest BCUT2D eigenvalue weighted by molar-refractivity contribution is 0.0953. The predicted molar refractivity (Wildman–Crippen MR) is 107 cm³/mol. The number of amides is 2. The lowest BCUT2D eigenvalue weighted by Gasteiger charge is -2.41. The molecule has 2 amide bonds. The van der Waals surface area contributed by atoms with Crippen molar-refractivity contribution in [3.05, 3.63) is 96.1 Å². The molecule has 0 saturated heterocycles. The fourth-order valence-corrected chi connectivity index (χ4v) is 3.54. The summed E-state index contributed by atoms with van der Waals surface area (Å²) in [4.78, 5) is 29.8. The molecule has 1 atom stereocenters. The number of nitrogens with zero attached hydrogens (tertiary/aromatic N) is 2. The van der Waals surface area contributed by atoms with Gasteiger partial charge in [-0.05, 0) is 43.3 Å². The second kappa shape index (κ2) is 7.08. The summed E-state index contributed by atoms with van der Waals surface area (Å²) in [6.07, 6.45) is 0. The van der Waals surface area contributed by atoms with Gasteiger partial charge in [0.15, 0.2) is 0 Å². The van der Waals surface area contributed by atoms with E-state index in [2.05, 4.69) is 0 Å². The van der Waals surface area contributed by atoms with E-state index in [0.29, 0.717) is 17.7 Å². The van der Waals surface area contributed by atoms with Crippen molar-refractivity contribution in [3.8, 4) is 0 Å². The summed E-state index contributed by atoms with van der Waals surface area (Å²) >= 11 is 0. The van der Waals surface area contributed by atoms with Crippen LogP contribution in [0.15, 0.2) is 84.9 Å². The lowest BCUT2D eigenvalue weighted by atomic mass is 10.0. The third-order valence-electron chi connectivity index (χ3n) is 4.83. The Balaban J connectivity index is 1.75. The minimum Gasteiger partial charge on any atom is -0.304 e. The molecule has 3 aromatic carbocycles. The van der Waals surface area contributed by atoms with Crippen molar-refractivity contribution in [3.63, 3.8) is 0 Å². The van der Waals surface area contributed by atoms with E-state index in [1.165, 1.54) is 0 Å². The van der Waals surface area contributed by atoms with Gasteiger partial charge in [-0.1, -0.05) is 48.5 Å². The standard InChI is InChI=1S/C23H20N2O2/c1-17-16-24(22(26)18-10-4-2-5-11-18)20-14-8-9-15-21(20)25(17)23(27)19-12-6-3-7-13-19/h2-15,17H,16H2,1H3. The van der Waals surface area contributed by atoms with Crippen LogP contribution in [0.2, 0.25) is 0 Å². The van der Waals surface area contributed by atoms with Crippen molar-refractivity contribution in [2.75, 3.05) is 16.3 Å². The highest BCUT2D eigenvalue weighted by Crippen LogP contribution is 2.37. The Labute approximate surface area is 158 Å². The molecule has 27 heavy (non-hydrogen) atoms. The quantitative estimate of drug-likeness (QED) is 0.684. The van der Waals surface area contributed by atoms with Crippen LogP contribution in [0.4, 0.5) is 11.4 Å². The smallest absolute Gasteiger partial charge is 0.258 e. The van der Waals surface area contributed by atoms with E-state index in [4.69, 9.17) is 0 Å². The van der Waals surface area contributed by atoms with E-state index in [1.807, 2.05) is 91.9 Å². The topological polar surface area (TPSA) is 40.6 Å². The molecule has 0 radical (unpaired) electrons. The van der Waals surface area contributed by atoms with Gasteiger partial charge in [-0.25, -0.2) is 0 Å². The van der Waals surface area contributed by atoms with E-state index in [9.17, 15) is 9.59 Å². The molecule has 1 unspecified atom stereocenters. The van der Waals surface area contributed by atoms with Gasteiger partial charge in [-0.2, -0.15) is 0 Å². The maximum Gasteiger partial charge on any atom is 0.258 e. The number of carbonyl (C=O) groups is 2. The highest BCUT2D eigenvalue weighted by atomic mass is 16.2. The fraction of sp³-hybridized carbons (Fsp3) is 0.130. The Morgan fingerprint density at radius 1 is 0.704 bits per heavy atom. The van der Waals surface area contributed by atoms with Crippen molar-refractivity contribution < 1.29 is 9.59 Å². The highest BCUT2D eigenvalue weighted by molar-refractivity contribution is 6.13. The molecule has 0 N–H and O–H groups in total. The summed E-state index contributed by atoms with van der Waals surface area (Å²) in [6.45, 7) is 2.42. The van der Waals surface area contributed by atoms with Crippen LogP contribution in [0.5, 0.6) is 0 Å². The first-order valence-electron chi connectivity index (χ1n) is 9.01. The summed E-state index contributed by atoms with van der Waals surface area (Å²) in [6, 6.07) is 25.9. The van der Waals surface area contributed by atoms with Crippen LogP contribution in [-0.4, -0.2) is 24.4 Å². The van der Waals surface area contributed by atoms with Crippen molar-refractivity contribution in [1.29, 1.82) is 0 Å². The molecule has 0 spiro atoms. The van der Waals surface area contributed by atoms with Gasteiger partial charge in [0.2, 0.25) is 0 Å². The zero-order valence-corrected chi connectivity index (χ0v) is 15.1. The molecule has 1 aliphatic heterocycles. The second-order valence-electron chi connectivity index (χ2n) is 6.66. The molecule has 1 aliphatic rings. The number of anilines is 2. The molecular weight excluding hydrogens is 336 g/mol.